The smallest absolute Gasteiger partial charge is 0.141 e. The van der Waals surface area contributed by atoms with Crippen LogP contribution in [0.5, 0.6) is 0 Å². The van der Waals surface area contributed by atoms with Gasteiger partial charge >= 0.3 is 0 Å². The van der Waals surface area contributed by atoms with Gasteiger partial charge in [-0.25, -0.2) is 4.98 Å². The van der Waals surface area contributed by atoms with E-state index >= 15 is 0 Å². The van der Waals surface area contributed by atoms with Crippen molar-refractivity contribution in [1.29, 1.82) is 0 Å². The highest BCUT2D eigenvalue weighted by Gasteiger charge is 2.11. The second kappa shape index (κ2) is 4.46. The van der Waals surface area contributed by atoms with Gasteiger partial charge < -0.3 is 4.57 Å². The van der Waals surface area contributed by atoms with E-state index < -0.39 is 0 Å². The fourth-order valence-corrected chi connectivity index (χ4v) is 2.39. The van der Waals surface area contributed by atoms with Crippen molar-refractivity contribution in [2.45, 2.75) is 13.5 Å². The average Bonchev–Trinajstić information content (AvgIpc) is 2.77. The van der Waals surface area contributed by atoms with Crippen LogP contribution in [0.1, 0.15) is 6.92 Å². The molecule has 0 bridgehead atoms. The fourth-order valence-electron chi connectivity index (χ4n) is 2.22. The summed E-state index contributed by atoms with van der Waals surface area (Å²) in [5, 5.41) is 0.747. The highest BCUT2D eigenvalue weighted by atomic mass is 35.5. The molecule has 0 saturated carbocycles. The van der Waals surface area contributed by atoms with Crippen molar-refractivity contribution in [3.63, 3.8) is 0 Å². The predicted octanol–water partition coefficient (Wildman–Crippen LogP) is 4.38. The molecule has 0 aliphatic carbocycles. The average molecular weight is 257 g/mol. The van der Waals surface area contributed by atoms with Crippen molar-refractivity contribution in [2.24, 2.45) is 0 Å². The zero-order valence-corrected chi connectivity index (χ0v) is 10.9. The van der Waals surface area contributed by atoms with Gasteiger partial charge in [-0.1, -0.05) is 41.9 Å². The molecule has 0 N–H and O–H groups in total. The van der Waals surface area contributed by atoms with Gasteiger partial charge in [0.25, 0.3) is 0 Å². The molecular weight excluding hydrogens is 244 g/mol. The number of aromatic nitrogens is 2. The molecule has 0 atom stereocenters. The largest absolute Gasteiger partial charge is 0.324 e. The second-order valence-electron chi connectivity index (χ2n) is 4.18. The van der Waals surface area contributed by atoms with Gasteiger partial charge in [-0.3, -0.25) is 0 Å². The van der Waals surface area contributed by atoms with Crippen LogP contribution in [-0.4, -0.2) is 9.55 Å². The van der Waals surface area contributed by atoms with E-state index in [0.29, 0.717) is 0 Å². The van der Waals surface area contributed by atoms with E-state index in [1.54, 1.807) is 0 Å². The van der Waals surface area contributed by atoms with Crippen molar-refractivity contribution in [3.8, 4) is 11.4 Å². The van der Waals surface area contributed by atoms with E-state index in [0.717, 1.165) is 34.0 Å². The molecule has 18 heavy (non-hydrogen) atoms. The summed E-state index contributed by atoms with van der Waals surface area (Å²) >= 11 is 6.06. The van der Waals surface area contributed by atoms with Crippen LogP contribution in [0.15, 0.2) is 48.5 Å². The first kappa shape index (κ1) is 11.3. The number of imidazole rings is 1. The van der Waals surface area contributed by atoms with Gasteiger partial charge in [-0.15, -0.1) is 0 Å². The Morgan fingerprint density at radius 2 is 1.89 bits per heavy atom. The van der Waals surface area contributed by atoms with Crippen LogP contribution in [0.3, 0.4) is 0 Å². The van der Waals surface area contributed by atoms with Gasteiger partial charge in [0.1, 0.15) is 5.82 Å². The summed E-state index contributed by atoms with van der Waals surface area (Å²) in [6.45, 7) is 3.00. The van der Waals surface area contributed by atoms with Gasteiger partial charge in [-0.2, -0.15) is 0 Å². The Morgan fingerprint density at radius 1 is 1.11 bits per heavy atom. The molecule has 0 aliphatic heterocycles. The molecular formula is C15H13ClN2. The van der Waals surface area contributed by atoms with E-state index in [1.807, 2.05) is 36.4 Å². The topological polar surface area (TPSA) is 17.8 Å². The number of aryl methyl sites for hydroxylation is 1. The maximum absolute atomic E-state index is 6.06. The summed E-state index contributed by atoms with van der Waals surface area (Å²) in [5.41, 5.74) is 3.20. The van der Waals surface area contributed by atoms with Gasteiger partial charge in [0, 0.05) is 17.1 Å². The third-order valence-corrected chi connectivity index (χ3v) is 3.29. The maximum Gasteiger partial charge on any atom is 0.141 e. The monoisotopic (exact) mass is 256 g/mol. The Balaban J connectivity index is 2.30. The van der Waals surface area contributed by atoms with E-state index in [2.05, 4.69) is 23.6 Å². The normalized spacial score (nSPS) is 11.0. The Hall–Kier alpha value is -1.80. The van der Waals surface area contributed by atoms with Gasteiger partial charge in [0.05, 0.1) is 11.0 Å². The van der Waals surface area contributed by atoms with Gasteiger partial charge in [0.2, 0.25) is 0 Å². The molecule has 2 nitrogen and oxygen atoms in total. The van der Waals surface area contributed by atoms with Gasteiger partial charge in [-0.05, 0) is 25.1 Å². The highest BCUT2D eigenvalue weighted by molar-refractivity contribution is 6.31. The molecule has 0 spiro atoms. The quantitative estimate of drug-likeness (QED) is 0.665. The minimum atomic E-state index is 0.747. The lowest BCUT2D eigenvalue weighted by Crippen LogP contribution is -1.97. The number of rotatable bonds is 2. The summed E-state index contributed by atoms with van der Waals surface area (Å²) in [6.07, 6.45) is 0. The lowest BCUT2D eigenvalue weighted by atomic mass is 10.2. The van der Waals surface area contributed by atoms with Crippen LogP contribution in [-0.2, 0) is 6.54 Å². The first-order valence-corrected chi connectivity index (χ1v) is 6.38. The molecule has 0 fully saturated rings. The minimum absolute atomic E-state index is 0.747. The Bertz CT molecular complexity index is 686. The molecule has 1 aromatic heterocycles. The molecule has 0 amide bonds. The second-order valence-corrected chi connectivity index (χ2v) is 4.62. The summed E-state index contributed by atoms with van der Waals surface area (Å²) in [4.78, 5) is 4.70. The Labute approximate surface area is 111 Å². The number of fused-ring (bicyclic) bond motifs is 1. The summed E-state index contributed by atoms with van der Waals surface area (Å²) in [7, 11) is 0. The predicted molar refractivity (Wildman–Crippen MR) is 75.9 cm³/mol. The van der Waals surface area contributed by atoms with Crippen LogP contribution >= 0.6 is 11.6 Å². The van der Waals surface area contributed by atoms with Crippen molar-refractivity contribution in [1.82, 2.24) is 9.55 Å². The van der Waals surface area contributed by atoms with Crippen LogP contribution < -0.4 is 0 Å². The number of nitrogens with zero attached hydrogens (tertiary/aromatic N) is 2. The van der Waals surface area contributed by atoms with Crippen LogP contribution in [0.2, 0.25) is 5.02 Å². The van der Waals surface area contributed by atoms with E-state index in [1.165, 1.54) is 0 Å². The number of hydrogen-bond acceptors (Lipinski definition) is 1. The summed E-state index contributed by atoms with van der Waals surface area (Å²) < 4.78 is 2.19. The minimum Gasteiger partial charge on any atom is -0.324 e. The number of hydrogen-bond donors (Lipinski definition) is 0. The molecule has 0 radical (unpaired) electrons. The lowest BCUT2D eigenvalue weighted by Gasteiger charge is -2.05. The standard InChI is InChI=1S/C15H13ClN2/c1-2-18-14-10-12(16)8-9-13(14)17-15(18)11-6-4-3-5-7-11/h3-10H,2H2,1H3. The molecule has 3 heteroatoms. The first-order valence-electron chi connectivity index (χ1n) is 6.01. The number of benzene rings is 2. The first-order chi connectivity index (χ1) is 8.79. The van der Waals surface area contributed by atoms with Gasteiger partial charge in [0.15, 0.2) is 0 Å². The third-order valence-electron chi connectivity index (χ3n) is 3.06. The molecule has 3 aromatic rings. The maximum atomic E-state index is 6.06. The van der Waals surface area contributed by atoms with Crippen LogP contribution in [0.25, 0.3) is 22.4 Å². The lowest BCUT2D eigenvalue weighted by molar-refractivity contribution is 0.796. The Kier molecular flexibility index (Phi) is 2.80. The third kappa shape index (κ3) is 1.79. The Morgan fingerprint density at radius 3 is 2.61 bits per heavy atom. The number of halogens is 1. The van der Waals surface area contributed by atoms with Crippen molar-refractivity contribution >= 4 is 22.6 Å². The van der Waals surface area contributed by atoms with Crippen LogP contribution in [0.4, 0.5) is 0 Å². The molecule has 3 rings (SSSR count). The zero-order chi connectivity index (χ0) is 12.5. The van der Waals surface area contributed by atoms with E-state index in [-0.39, 0.29) is 0 Å². The van der Waals surface area contributed by atoms with E-state index in [9.17, 15) is 0 Å². The fraction of sp³-hybridized carbons (Fsp3) is 0.133. The molecule has 0 aliphatic rings. The van der Waals surface area contributed by atoms with Crippen molar-refractivity contribution in [2.75, 3.05) is 0 Å². The van der Waals surface area contributed by atoms with Crippen molar-refractivity contribution in [3.05, 3.63) is 53.6 Å². The summed E-state index contributed by atoms with van der Waals surface area (Å²) in [6, 6.07) is 16.0. The molecule has 1 heterocycles. The molecule has 90 valence electrons. The molecule has 0 unspecified atom stereocenters. The molecule has 0 saturated heterocycles. The summed E-state index contributed by atoms with van der Waals surface area (Å²) in [5.74, 6) is 0.996. The zero-order valence-electron chi connectivity index (χ0n) is 10.1. The van der Waals surface area contributed by atoms with Crippen molar-refractivity contribution < 1.29 is 0 Å². The van der Waals surface area contributed by atoms with Crippen LogP contribution in [0, 0.1) is 0 Å². The molecule has 2 aromatic carbocycles. The highest BCUT2D eigenvalue weighted by Crippen LogP contribution is 2.26. The van der Waals surface area contributed by atoms with E-state index in [4.69, 9.17) is 16.6 Å². The SMILES string of the molecule is CCn1c(-c2ccccc2)nc2ccc(Cl)cc21.